The second-order valence-corrected chi connectivity index (χ2v) is 9.52. The minimum absolute atomic E-state index is 0.0475. The van der Waals surface area contributed by atoms with Gasteiger partial charge < -0.3 is 15.4 Å². The van der Waals surface area contributed by atoms with Gasteiger partial charge in [-0.3, -0.25) is 14.5 Å². The van der Waals surface area contributed by atoms with Crippen molar-refractivity contribution < 1.29 is 19.1 Å². The van der Waals surface area contributed by atoms with Crippen LogP contribution < -0.4 is 10.6 Å². The lowest BCUT2D eigenvalue weighted by molar-refractivity contribution is -0.127. The molecule has 0 radical (unpaired) electrons. The Morgan fingerprint density at radius 3 is 2.41 bits per heavy atom. The van der Waals surface area contributed by atoms with Crippen LogP contribution in [0.2, 0.25) is 0 Å². The highest BCUT2D eigenvalue weighted by Gasteiger charge is 2.47. The van der Waals surface area contributed by atoms with Gasteiger partial charge in [-0.15, -0.1) is 0 Å². The fraction of sp³-hybridized carbons (Fsp3) is 0.300. The van der Waals surface area contributed by atoms with E-state index < -0.39 is 18.2 Å². The van der Waals surface area contributed by atoms with E-state index in [4.69, 9.17) is 4.74 Å². The van der Waals surface area contributed by atoms with Gasteiger partial charge in [0.05, 0.1) is 13.0 Å². The average molecular weight is 500 g/mol. The fourth-order valence-electron chi connectivity index (χ4n) is 4.31. The first kappa shape index (κ1) is 25.9. The lowest BCUT2D eigenvalue weighted by Gasteiger charge is -2.26. The van der Waals surface area contributed by atoms with Crippen LogP contribution in [0.15, 0.2) is 78.9 Å². The third-order valence-corrected chi connectivity index (χ3v) is 6.53. The van der Waals surface area contributed by atoms with E-state index in [1.54, 1.807) is 18.2 Å². The number of amides is 3. The Hall–Kier alpha value is -4.13. The zero-order valence-electron chi connectivity index (χ0n) is 21.4. The van der Waals surface area contributed by atoms with Crippen molar-refractivity contribution in [2.45, 2.75) is 58.3 Å². The molecule has 1 aliphatic heterocycles. The molecule has 0 aromatic heterocycles. The van der Waals surface area contributed by atoms with Crippen molar-refractivity contribution >= 4 is 23.6 Å². The zero-order valence-corrected chi connectivity index (χ0v) is 21.4. The molecule has 1 aliphatic rings. The number of hydrogen-bond donors (Lipinski definition) is 2. The Morgan fingerprint density at radius 1 is 0.973 bits per heavy atom. The van der Waals surface area contributed by atoms with Crippen molar-refractivity contribution in [2.24, 2.45) is 0 Å². The SMILES string of the molecule is CC[C@H](C)NC(=O)[C@@H]1[C@@H](c2cccc(NC(=O)Cc3ccccc3)c2)OC(=O)N1Cc1ccc(C)cc1. The number of aryl methyl sites for hydroxylation is 1. The summed E-state index contributed by atoms with van der Waals surface area (Å²) in [7, 11) is 0. The van der Waals surface area contributed by atoms with Crippen molar-refractivity contribution in [2.75, 3.05) is 5.32 Å². The summed E-state index contributed by atoms with van der Waals surface area (Å²) in [5, 5.41) is 5.92. The van der Waals surface area contributed by atoms with Gasteiger partial charge in [-0.1, -0.05) is 79.2 Å². The number of benzene rings is 3. The number of anilines is 1. The van der Waals surface area contributed by atoms with Crippen LogP contribution in [0.25, 0.3) is 0 Å². The van der Waals surface area contributed by atoms with Crippen LogP contribution in [-0.2, 0) is 27.3 Å². The summed E-state index contributed by atoms with van der Waals surface area (Å²) in [6, 6.07) is 23.6. The molecular weight excluding hydrogens is 466 g/mol. The van der Waals surface area contributed by atoms with Crippen LogP contribution >= 0.6 is 0 Å². The van der Waals surface area contributed by atoms with Crippen LogP contribution in [0.3, 0.4) is 0 Å². The molecule has 0 aliphatic carbocycles. The second kappa shape index (κ2) is 11.7. The third kappa shape index (κ3) is 6.55. The number of cyclic esters (lactones) is 1. The number of hydrogen-bond acceptors (Lipinski definition) is 4. The Labute approximate surface area is 217 Å². The molecular formula is C30H33N3O4. The Bertz CT molecular complexity index is 1240. The minimum Gasteiger partial charge on any atom is -0.438 e. The van der Waals surface area contributed by atoms with Crippen molar-refractivity contribution in [3.63, 3.8) is 0 Å². The minimum atomic E-state index is -0.849. The topological polar surface area (TPSA) is 87.7 Å². The molecule has 1 fully saturated rings. The summed E-state index contributed by atoms with van der Waals surface area (Å²) >= 11 is 0. The van der Waals surface area contributed by atoms with Crippen LogP contribution in [0, 0.1) is 6.92 Å². The first-order chi connectivity index (χ1) is 17.8. The Kier molecular flexibility index (Phi) is 8.23. The highest BCUT2D eigenvalue weighted by atomic mass is 16.6. The normalized spacial score (nSPS) is 17.7. The summed E-state index contributed by atoms with van der Waals surface area (Å²) < 4.78 is 5.77. The van der Waals surface area contributed by atoms with Crippen LogP contribution in [-0.4, -0.2) is 34.9 Å². The highest BCUT2D eigenvalue weighted by molar-refractivity contribution is 5.92. The first-order valence-corrected chi connectivity index (χ1v) is 12.6. The number of carbonyl (C=O) groups is 3. The second-order valence-electron chi connectivity index (χ2n) is 9.52. The zero-order chi connectivity index (χ0) is 26.4. The monoisotopic (exact) mass is 499 g/mol. The van der Waals surface area contributed by atoms with Gasteiger partial charge >= 0.3 is 6.09 Å². The third-order valence-electron chi connectivity index (χ3n) is 6.53. The Morgan fingerprint density at radius 2 is 1.70 bits per heavy atom. The first-order valence-electron chi connectivity index (χ1n) is 12.6. The molecule has 0 bridgehead atoms. The van der Waals surface area contributed by atoms with E-state index in [1.165, 1.54) is 4.90 Å². The summed E-state index contributed by atoms with van der Waals surface area (Å²) in [5.74, 6) is -0.422. The molecule has 1 heterocycles. The van der Waals surface area contributed by atoms with Crippen molar-refractivity contribution in [3.05, 3.63) is 101 Å². The summed E-state index contributed by atoms with van der Waals surface area (Å²) in [6.45, 7) is 6.17. The molecule has 3 aromatic rings. The fourth-order valence-corrected chi connectivity index (χ4v) is 4.31. The molecule has 192 valence electrons. The molecule has 3 atom stereocenters. The molecule has 0 unspecified atom stereocenters. The summed E-state index contributed by atoms with van der Waals surface area (Å²) in [4.78, 5) is 40.5. The van der Waals surface area contributed by atoms with Crippen molar-refractivity contribution in [3.8, 4) is 0 Å². The molecule has 7 nitrogen and oxygen atoms in total. The van der Waals surface area contributed by atoms with Crippen LogP contribution in [0.1, 0.15) is 48.6 Å². The molecule has 4 rings (SSSR count). The molecule has 1 saturated heterocycles. The quantitative estimate of drug-likeness (QED) is 0.426. The van der Waals surface area contributed by atoms with Gasteiger partial charge in [-0.25, -0.2) is 4.79 Å². The maximum atomic E-state index is 13.4. The summed E-state index contributed by atoms with van der Waals surface area (Å²) in [5.41, 5.74) is 4.15. The lowest BCUT2D eigenvalue weighted by atomic mass is 9.99. The van der Waals surface area contributed by atoms with E-state index in [1.807, 2.05) is 81.4 Å². The van der Waals surface area contributed by atoms with E-state index in [0.717, 1.165) is 23.1 Å². The maximum Gasteiger partial charge on any atom is 0.411 e. The largest absolute Gasteiger partial charge is 0.438 e. The van der Waals surface area contributed by atoms with Crippen molar-refractivity contribution in [1.82, 2.24) is 10.2 Å². The molecule has 3 amide bonds. The van der Waals surface area contributed by atoms with Gasteiger partial charge in [0, 0.05) is 11.7 Å². The molecule has 2 N–H and O–H groups in total. The van der Waals surface area contributed by atoms with Gasteiger partial charge in [0.25, 0.3) is 0 Å². The smallest absolute Gasteiger partial charge is 0.411 e. The number of rotatable bonds is 9. The molecule has 3 aromatic carbocycles. The number of nitrogens with zero attached hydrogens (tertiary/aromatic N) is 1. The van der Waals surface area contributed by atoms with Gasteiger partial charge in [-0.2, -0.15) is 0 Å². The van der Waals surface area contributed by atoms with E-state index in [-0.39, 0.29) is 30.8 Å². The van der Waals surface area contributed by atoms with Gasteiger partial charge in [0.1, 0.15) is 0 Å². The van der Waals surface area contributed by atoms with Gasteiger partial charge in [-0.05, 0) is 49.1 Å². The standard InChI is InChI=1S/C30H33N3O4/c1-4-21(3)31-29(35)27-28(37-30(36)33(27)19-23-15-13-20(2)14-16-23)24-11-8-12-25(18-24)32-26(34)17-22-9-6-5-7-10-22/h5-16,18,21,27-28H,4,17,19H2,1-3H3,(H,31,35)(H,32,34)/t21-,27-,28+/m0/s1. The Balaban J connectivity index is 1.57. The van der Waals surface area contributed by atoms with E-state index >= 15 is 0 Å². The molecule has 7 heteroatoms. The van der Waals surface area contributed by atoms with Crippen LogP contribution in [0.4, 0.5) is 10.5 Å². The number of carbonyl (C=O) groups excluding carboxylic acids is 3. The van der Waals surface area contributed by atoms with Gasteiger partial charge in [0.2, 0.25) is 11.8 Å². The predicted octanol–water partition coefficient (Wildman–Crippen LogP) is 5.15. The van der Waals surface area contributed by atoms with E-state index in [2.05, 4.69) is 10.6 Å². The number of nitrogens with one attached hydrogen (secondary N) is 2. The predicted molar refractivity (Wildman–Crippen MR) is 143 cm³/mol. The highest BCUT2D eigenvalue weighted by Crippen LogP contribution is 2.35. The van der Waals surface area contributed by atoms with Crippen LogP contribution in [0.5, 0.6) is 0 Å². The molecule has 0 spiro atoms. The van der Waals surface area contributed by atoms with Crippen molar-refractivity contribution in [1.29, 1.82) is 0 Å². The summed E-state index contributed by atoms with van der Waals surface area (Å²) in [6.07, 6.45) is -0.353. The molecule has 37 heavy (non-hydrogen) atoms. The molecule has 0 saturated carbocycles. The van der Waals surface area contributed by atoms with E-state index in [0.29, 0.717) is 11.3 Å². The average Bonchev–Trinajstić information content (AvgIpc) is 3.21. The van der Waals surface area contributed by atoms with E-state index in [9.17, 15) is 14.4 Å². The number of ether oxygens (including phenoxy) is 1. The lowest BCUT2D eigenvalue weighted by Crippen LogP contribution is -2.48. The maximum absolute atomic E-state index is 13.4. The van der Waals surface area contributed by atoms with Gasteiger partial charge in [0.15, 0.2) is 12.1 Å².